The van der Waals surface area contributed by atoms with Crippen LogP contribution < -0.4 is 0 Å². The first-order chi connectivity index (χ1) is 14.3. The van der Waals surface area contributed by atoms with E-state index in [1.54, 1.807) is 0 Å². The highest BCUT2D eigenvalue weighted by Crippen LogP contribution is 2.75. The molecule has 0 amide bonds. The number of hydrogen-bond acceptors (Lipinski definition) is 1. The summed E-state index contributed by atoms with van der Waals surface area (Å²) in [7, 11) is 0. The molecule has 0 saturated heterocycles. The lowest BCUT2D eigenvalue weighted by atomic mass is 9.33. The van der Waals surface area contributed by atoms with Crippen LogP contribution in [-0.2, 0) is 0 Å². The van der Waals surface area contributed by atoms with E-state index < -0.39 is 0 Å². The van der Waals surface area contributed by atoms with E-state index in [4.69, 9.17) is 0 Å². The normalized spacial score (nSPS) is 58.3. The molecule has 10 atom stereocenters. The molecule has 31 heavy (non-hydrogen) atoms. The van der Waals surface area contributed by atoms with Crippen LogP contribution in [0.15, 0.2) is 11.6 Å². The molecule has 4 saturated carbocycles. The minimum absolute atomic E-state index is 0.0368. The summed E-state index contributed by atoms with van der Waals surface area (Å²) in [6, 6.07) is 0. The third-order valence-corrected chi connectivity index (χ3v) is 13.3. The third kappa shape index (κ3) is 2.65. The van der Waals surface area contributed by atoms with Gasteiger partial charge in [0.2, 0.25) is 0 Å². The van der Waals surface area contributed by atoms with E-state index >= 15 is 0 Å². The molecule has 0 aromatic heterocycles. The van der Waals surface area contributed by atoms with Crippen molar-refractivity contribution in [3.63, 3.8) is 0 Å². The summed E-state index contributed by atoms with van der Waals surface area (Å²) in [6.45, 7) is 20.5. The molecule has 0 aromatic rings. The number of hydrogen-bond donors (Lipinski definition) is 1. The number of rotatable bonds is 0. The van der Waals surface area contributed by atoms with Crippen LogP contribution in [0.2, 0.25) is 0 Å². The van der Waals surface area contributed by atoms with Crippen molar-refractivity contribution in [3.8, 4) is 0 Å². The monoisotopic (exact) mass is 426 g/mol. The average molecular weight is 427 g/mol. The van der Waals surface area contributed by atoms with E-state index in [1.165, 1.54) is 51.4 Å². The maximum atomic E-state index is 10.9. The van der Waals surface area contributed by atoms with Crippen LogP contribution >= 0.6 is 0 Å². The Bertz CT molecular complexity index is 779. The summed E-state index contributed by atoms with van der Waals surface area (Å²) in [6.07, 6.45) is 14.5. The van der Waals surface area contributed by atoms with Crippen molar-refractivity contribution >= 4 is 0 Å². The molecule has 0 bridgehead atoms. The van der Waals surface area contributed by atoms with Gasteiger partial charge < -0.3 is 5.11 Å². The minimum Gasteiger partial charge on any atom is -0.393 e. The summed E-state index contributed by atoms with van der Waals surface area (Å²) >= 11 is 0. The fraction of sp³-hybridized carbons (Fsp3) is 0.933. The molecule has 0 heterocycles. The van der Waals surface area contributed by atoms with Gasteiger partial charge in [-0.15, -0.1) is 0 Å². The smallest absolute Gasteiger partial charge is 0.0594 e. The standard InChI is InChI=1S/C30H50O/c1-19-11-14-27(5)17-18-29(7)22-9-10-23-26(3,4)24(31)13-15-28(23,6)21(22)12-16-30(29,8)25(27)20(19)2/h9,19-21,23-25,31H,10-18H2,1-8H3. The largest absolute Gasteiger partial charge is 0.393 e. The number of aliphatic hydroxyl groups excluding tert-OH is 1. The van der Waals surface area contributed by atoms with E-state index in [1.807, 2.05) is 5.57 Å². The van der Waals surface area contributed by atoms with Gasteiger partial charge in [-0.2, -0.15) is 0 Å². The van der Waals surface area contributed by atoms with Gasteiger partial charge in [0, 0.05) is 0 Å². The molecule has 0 spiro atoms. The minimum atomic E-state index is -0.134. The van der Waals surface area contributed by atoms with E-state index in [2.05, 4.69) is 61.5 Å². The quantitative estimate of drug-likeness (QED) is 0.389. The maximum Gasteiger partial charge on any atom is 0.0594 e. The summed E-state index contributed by atoms with van der Waals surface area (Å²) < 4.78 is 0. The topological polar surface area (TPSA) is 20.2 Å². The van der Waals surface area contributed by atoms with Crippen LogP contribution in [0.25, 0.3) is 0 Å². The number of aliphatic hydroxyl groups is 1. The van der Waals surface area contributed by atoms with Gasteiger partial charge in [0.15, 0.2) is 0 Å². The molecule has 176 valence electrons. The molecule has 0 aliphatic heterocycles. The molecule has 1 N–H and O–H groups in total. The lowest BCUT2D eigenvalue weighted by Gasteiger charge is -2.71. The molecule has 10 unspecified atom stereocenters. The Hall–Kier alpha value is -0.300. The molecule has 1 heteroatoms. The Morgan fingerprint density at radius 2 is 1.55 bits per heavy atom. The van der Waals surface area contributed by atoms with Gasteiger partial charge in [0.05, 0.1) is 6.10 Å². The second kappa shape index (κ2) is 6.64. The van der Waals surface area contributed by atoms with E-state index in [-0.39, 0.29) is 11.5 Å². The molecule has 5 rings (SSSR count). The summed E-state index contributed by atoms with van der Waals surface area (Å²) in [4.78, 5) is 0. The van der Waals surface area contributed by atoms with E-state index in [9.17, 15) is 5.11 Å². The fourth-order valence-electron chi connectivity index (χ4n) is 11.0. The second-order valence-corrected chi connectivity index (χ2v) is 14.7. The zero-order chi connectivity index (χ0) is 22.6. The van der Waals surface area contributed by atoms with Gasteiger partial charge in [0.1, 0.15) is 0 Å². The highest BCUT2D eigenvalue weighted by Gasteiger charge is 2.67. The van der Waals surface area contributed by atoms with Gasteiger partial charge in [0.25, 0.3) is 0 Å². The van der Waals surface area contributed by atoms with Gasteiger partial charge >= 0.3 is 0 Å². The first-order valence-electron chi connectivity index (χ1n) is 13.7. The lowest BCUT2D eigenvalue weighted by Crippen LogP contribution is -2.64. The molecule has 4 fully saturated rings. The van der Waals surface area contributed by atoms with Gasteiger partial charge in [-0.3, -0.25) is 0 Å². The maximum absolute atomic E-state index is 10.9. The first-order valence-corrected chi connectivity index (χ1v) is 13.7. The highest BCUT2D eigenvalue weighted by atomic mass is 16.3. The van der Waals surface area contributed by atoms with Gasteiger partial charge in [-0.05, 0) is 114 Å². The molecule has 0 aromatic carbocycles. The van der Waals surface area contributed by atoms with Crippen LogP contribution in [0.3, 0.4) is 0 Å². The predicted octanol–water partition coefficient (Wildman–Crippen LogP) is 8.02. The van der Waals surface area contributed by atoms with E-state index in [0.717, 1.165) is 30.1 Å². The third-order valence-electron chi connectivity index (χ3n) is 13.3. The second-order valence-electron chi connectivity index (χ2n) is 14.7. The Labute approximate surface area is 192 Å². The zero-order valence-corrected chi connectivity index (χ0v) is 21.9. The molecule has 5 aliphatic carbocycles. The molecule has 1 nitrogen and oxygen atoms in total. The van der Waals surface area contributed by atoms with Crippen LogP contribution in [0, 0.1) is 56.7 Å². The van der Waals surface area contributed by atoms with Crippen molar-refractivity contribution < 1.29 is 5.11 Å². The van der Waals surface area contributed by atoms with Crippen LogP contribution in [-0.4, -0.2) is 11.2 Å². The van der Waals surface area contributed by atoms with Crippen LogP contribution in [0.1, 0.15) is 113 Å². The molecule has 0 radical (unpaired) electrons. The molecular formula is C30H50O. The summed E-state index contributed by atoms with van der Waals surface area (Å²) in [5.74, 6) is 3.93. The number of fused-ring (bicyclic) bond motifs is 7. The first kappa shape index (κ1) is 22.5. The van der Waals surface area contributed by atoms with Crippen molar-refractivity contribution in [1.82, 2.24) is 0 Å². The van der Waals surface area contributed by atoms with E-state index in [0.29, 0.717) is 27.6 Å². The van der Waals surface area contributed by atoms with Gasteiger partial charge in [-0.25, -0.2) is 0 Å². The van der Waals surface area contributed by atoms with Crippen molar-refractivity contribution in [3.05, 3.63) is 11.6 Å². The fourth-order valence-corrected chi connectivity index (χ4v) is 11.0. The predicted molar refractivity (Wildman–Crippen MR) is 131 cm³/mol. The van der Waals surface area contributed by atoms with Crippen molar-refractivity contribution in [2.45, 2.75) is 119 Å². The van der Waals surface area contributed by atoms with Crippen LogP contribution in [0.5, 0.6) is 0 Å². The Balaban J connectivity index is 1.58. The molecular weight excluding hydrogens is 376 g/mol. The number of allylic oxidation sites excluding steroid dienone is 2. The average Bonchev–Trinajstić information content (AvgIpc) is 2.70. The molecule has 5 aliphatic rings. The lowest BCUT2D eigenvalue weighted by molar-refractivity contribution is -0.186. The van der Waals surface area contributed by atoms with Crippen molar-refractivity contribution in [2.75, 3.05) is 0 Å². The van der Waals surface area contributed by atoms with Crippen molar-refractivity contribution in [1.29, 1.82) is 0 Å². The van der Waals surface area contributed by atoms with Gasteiger partial charge in [-0.1, -0.05) is 67.0 Å². The SMILES string of the molecule is CC1CCC2(C)CCC3(C)C4=CCC5C(C)(C)C(O)CCC5(C)C4CCC3(C)C2C1C. The van der Waals surface area contributed by atoms with Crippen molar-refractivity contribution in [2.24, 2.45) is 56.7 Å². The Kier molecular flexibility index (Phi) is 4.82. The summed E-state index contributed by atoms with van der Waals surface area (Å²) in [5.41, 5.74) is 3.60. The summed E-state index contributed by atoms with van der Waals surface area (Å²) in [5, 5.41) is 10.9. The Morgan fingerprint density at radius 3 is 2.26 bits per heavy atom. The zero-order valence-electron chi connectivity index (χ0n) is 21.9. The Morgan fingerprint density at radius 1 is 0.839 bits per heavy atom. The highest BCUT2D eigenvalue weighted by molar-refractivity contribution is 5.33. The van der Waals surface area contributed by atoms with Crippen LogP contribution in [0.4, 0.5) is 0 Å².